The molecule has 0 aromatic heterocycles. The molecule has 0 aromatic carbocycles. The molecule has 1 saturated heterocycles. The van der Waals surface area contributed by atoms with E-state index in [9.17, 15) is 15.0 Å². The summed E-state index contributed by atoms with van der Waals surface area (Å²) < 4.78 is 5.35. The van der Waals surface area contributed by atoms with Gasteiger partial charge in [0.1, 0.15) is 17.6 Å². The van der Waals surface area contributed by atoms with Crippen LogP contribution in [0.5, 0.6) is 0 Å². The van der Waals surface area contributed by atoms with E-state index in [4.69, 9.17) is 15.6 Å². The van der Waals surface area contributed by atoms with Gasteiger partial charge in [-0.1, -0.05) is 0 Å². The van der Waals surface area contributed by atoms with Crippen molar-refractivity contribution in [2.45, 2.75) is 36.6 Å². The van der Waals surface area contributed by atoms with Gasteiger partial charge in [0, 0.05) is 18.6 Å². The second-order valence-corrected chi connectivity index (χ2v) is 4.93. The van der Waals surface area contributed by atoms with E-state index in [1.807, 2.05) is 0 Å². The van der Waals surface area contributed by atoms with Crippen LogP contribution in [0.15, 0.2) is 0 Å². The molecule has 7 heteroatoms. The van der Waals surface area contributed by atoms with Gasteiger partial charge in [0.15, 0.2) is 0 Å². The summed E-state index contributed by atoms with van der Waals surface area (Å²) in [6, 6.07) is 0. The summed E-state index contributed by atoms with van der Waals surface area (Å²) >= 11 is 1.35. The zero-order valence-corrected chi connectivity index (χ0v) is 9.60. The number of carbonyl (C=O) groups excluding carboxylic acids is 1. The Morgan fingerprint density at radius 3 is 2.75 bits per heavy atom. The van der Waals surface area contributed by atoms with Crippen LogP contribution in [0.1, 0.15) is 12.8 Å². The number of rotatable bonds is 5. The Morgan fingerprint density at radius 2 is 2.19 bits per heavy atom. The fraction of sp³-hybridized carbons (Fsp3) is 0.889. The van der Waals surface area contributed by atoms with Crippen LogP contribution < -0.4 is 5.73 Å². The molecule has 0 aliphatic carbocycles. The number of primary amides is 1. The maximum Gasteiger partial charge on any atom is 0.218 e. The van der Waals surface area contributed by atoms with Gasteiger partial charge in [-0.05, 0) is 0 Å². The molecule has 1 aliphatic heterocycles. The Balaban J connectivity index is 2.35. The fourth-order valence-electron chi connectivity index (χ4n) is 1.46. The van der Waals surface area contributed by atoms with E-state index in [1.54, 1.807) is 0 Å². The van der Waals surface area contributed by atoms with Gasteiger partial charge >= 0.3 is 0 Å². The van der Waals surface area contributed by atoms with Crippen molar-refractivity contribution in [3.63, 3.8) is 0 Å². The highest BCUT2D eigenvalue weighted by Gasteiger charge is 2.36. The van der Waals surface area contributed by atoms with Gasteiger partial charge in [0.2, 0.25) is 5.91 Å². The number of thioether (sulfide) groups is 1. The van der Waals surface area contributed by atoms with E-state index in [-0.39, 0.29) is 30.8 Å². The first-order chi connectivity index (χ1) is 7.54. The molecule has 0 aromatic rings. The number of hydrogen-bond acceptors (Lipinski definition) is 6. The van der Waals surface area contributed by atoms with Crippen molar-refractivity contribution in [1.82, 2.24) is 0 Å². The molecule has 1 heterocycles. The van der Waals surface area contributed by atoms with Gasteiger partial charge in [0.25, 0.3) is 0 Å². The van der Waals surface area contributed by atoms with E-state index in [1.165, 1.54) is 11.8 Å². The maximum atomic E-state index is 10.5. The average Bonchev–Trinajstić information content (AvgIpc) is 2.22. The van der Waals surface area contributed by atoms with Crippen LogP contribution >= 0.6 is 11.8 Å². The fourth-order valence-corrected chi connectivity index (χ4v) is 2.60. The summed E-state index contributed by atoms with van der Waals surface area (Å²) in [6.45, 7) is -0.342. The Hall–Kier alpha value is -0.340. The van der Waals surface area contributed by atoms with Crippen molar-refractivity contribution in [2.24, 2.45) is 5.73 Å². The van der Waals surface area contributed by atoms with Crippen molar-refractivity contribution in [2.75, 3.05) is 12.4 Å². The highest BCUT2D eigenvalue weighted by atomic mass is 32.2. The molecule has 0 spiro atoms. The molecule has 1 aliphatic rings. The van der Waals surface area contributed by atoms with Crippen molar-refractivity contribution >= 4 is 17.7 Å². The predicted molar refractivity (Wildman–Crippen MR) is 58.6 cm³/mol. The first kappa shape index (κ1) is 13.7. The highest BCUT2D eigenvalue weighted by Crippen LogP contribution is 2.27. The molecule has 1 fully saturated rings. The zero-order valence-electron chi connectivity index (χ0n) is 8.78. The average molecular weight is 251 g/mol. The number of aliphatic hydroxyl groups excluding tert-OH is 3. The van der Waals surface area contributed by atoms with Gasteiger partial charge in [-0.15, -0.1) is 11.8 Å². The molecule has 1 rings (SSSR count). The first-order valence-electron chi connectivity index (χ1n) is 5.07. The van der Waals surface area contributed by atoms with Crippen LogP contribution in [0.25, 0.3) is 0 Å². The quantitative estimate of drug-likeness (QED) is 0.469. The lowest BCUT2D eigenvalue weighted by Crippen LogP contribution is -2.49. The maximum absolute atomic E-state index is 10.5. The second-order valence-electron chi connectivity index (χ2n) is 3.67. The summed E-state index contributed by atoms with van der Waals surface area (Å²) in [7, 11) is 0. The van der Waals surface area contributed by atoms with Crippen molar-refractivity contribution in [3.8, 4) is 0 Å². The largest absolute Gasteiger partial charge is 0.394 e. The van der Waals surface area contributed by atoms with Crippen LogP contribution in [0, 0.1) is 0 Å². The van der Waals surface area contributed by atoms with Crippen molar-refractivity contribution in [3.05, 3.63) is 0 Å². The summed E-state index contributed by atoms with van der Waals surface area (Å²) in [6.07, 6.45) is -2.21. The molecular weight excluding hydrogens is 234 g/mol. The van der Waals surface area contributed by atoms with E-state index < -0.39 is 18.3 Å². The number of hydrogen-bond donors (Lipinski definition) is 4. The molecule has 16 heavy (non-hydrogen) atoms. The minimum Gasteiger partial charge on any atom is -0.394 e. The molecule has 0 radical (unpaired) electrons. The summed E-state index contributed by atoms with van der Waals surface area (Å²) in [5, 5.41) is 27.9. The van der Waals surface area contributed by atoms with Gasteiger partial charge < -0.3 is 25.8 Å². The van der Waals surface area contributed by atoms with E-state index in [2.05, 4.69) is 0 Å². The van der Waals surface area contributed by atoms with Crippen LogP contribution in [-0.4, -0.2) is 57.3 Å². The Bertz CT molecular complexity index is 240. The Kier molecular flexibility index (Phi) is 5.50. The molecule has 94 valence electrons. The number of ether oxygens (including phenoxy) is 1. The third kappa shape index (κ3) is 3.91. The van der Waals surface area contributed by atoms with Crippen LogP contribution in [-0.2, 0) is 9.53 Å². The monoisotopic (exact) mass is 251 g/mol. The topological polar surface area (TPSA) is 113 Å². The van der Waals surface area contributed by atoms with Gasteiger partial charge in [-0.25, -0.2) is 0 Å². The molecule has 1 amide bonds. The molecule has 4 atom stereocenters. The van der Waals surface area contributed by atoms with Crippen LogP contribution in [0.3, 0.4) is 0 Å². The zero-order chi connectivity index (χ0) is 12.1. The van der Waals surface area contributed by atoms with E-state index in [0.717, 1.165) is 0 Å². The summed E-state index contributed by atoms with van der Waals surface area (Å²) in [5.74, 6) is 0.114. The summed E-state index contributed by atoms with van der Waals surface area (Å²) in [4.78, 5) is 10.5. The summed E-state index contributed by atoms with van der Waals surface area (Å²) in [5.41, 5.74) is 4.66. The standard InChI is InChI=1S/C9H17NO5S/c10-7(13)1-2-16-8-3-5(12)9(14)6(4-11)15-8/h5-6,8-9,11-12,14H,1-4H2,(H2,10,13)/t5?,6-,8+,9-/m1/s1. The van der Waals surface area contributed by atoms with Gasteiger partial charge in [-0.3, -0.25) is 4.79 Å². The minimum atomic E-state index is -1.06. The number of nitrogens with two attached hydrogens (primary N) is 1. The highest BCUT2D eigenvalue weighted by molar-refractivity contribution is 7.99. The lowest BCUT2D eigenvalue weighted by Gasteiger charge is -2.35. The molecular formula is C9H17NO5S. The molecule has 6 nitrogen and oxygen atoms in total. The smallest absolute Gasteiger partial charge is 0.218 e. The molecule has 5 N–H and O–H groups in total. The number of aliphatic hydroxyl groups is 3. The predicted octanol–water partition coefficient (Wildman–Crippen LogP) is -1.58. The van der Waals surface area contributed by atoms with Crippen molar-refractivity contribution in [1.29, 1.82) is 0 Å². The lowest BCUT2D eigenvalue weighted by molar-refractivity contribution is -0.157. The Morgan fingerprint density at radius 1 is 1.50 bits per heavy atom. The van der Waals surface area contributed by atoms with Gasteiger partial charge in [-0.2, -0.15) is 0 Å². The minimum absolute atomic E-state index is 0.243. The van der Waals surface area contributed by atoms with Crippen molar-refractivity contribution < 1.29 is 24.9 Å². The van der Waals surface area contributed by atoms with Crippen LogP contribution in [0.4, 0.5) is 0 Å². The Labute approximate surface area is 97.8 Å². The molecule has 0 saturated carbocycles. The normalized spacial score (nSPS) is 34.9. The second kappa shape index (κ2) is 6.41. The third-order valence-corrected chi connectivity index (χ3v) is 3.48. The number of carbonyl (C=O) groups is 1. The van der Waals surface area contributed by atoms with Crippen LogP contribution in [0.2, 0.25) is 0 Å². The third-order valence-electron chi connectivity index (χ3n) is 2.37. The lowest BCUT2D eigenvalue weighted by atomic mass is 10.0. The molecule has 0 bridgehead atoms. The molecule has 1 unspecified atom stereocenters. The van der Waals surface area contributed by atoms with E-state index >= 15 is 0 Å². The number of amides is 1. The van der Waals surface area contributed by atoms with Gasteiger partial charge in [0.05, 0.1) is 12.7 Å². The first-order valence-corrected chi connectivity index (χ1v) is 6.11. The SMILES string of the molecule is NC(=O)CCS[C@H]1CC(O)[C@@H](O)[C@@H](CO)O1. The van der Waals surface area contributed by atoms with E-state index in [0.29, 0.717) is 5.75 Å².